The second-order valence-electron chi connectivity index (χ2n) is 11.5. The summed E-state index contributed by atoms with van der Waals surface area (Å²) in [7, 11) is 4.15. The minimum Gasteiger partial charge on any atom is -0.477 e. The van der Waals surface area contributed by atoms with Crippen LogP contribution in [0.4, 0.5) is 5.69 Å². The predicted molar refractivity (Wildman–Crippen MR) is 136 cm³/mol. The van der Waals surface area contributed by atoms with Crippen molar-refractivity contribution in [3.8, 4) is 11.8 Å². The lowest BCUT2D eigenvalue weighted by molar-refractivity contribution is -0.124. The first-order valence-electron chi connectivity index (χ1n) is 12.2. The molecule has 2 aliphatic rings. The molecular formula is C27H40N2O3S. The Bertz CT molecular complexity index is 933. The van der Waals surface area contributed by atoms with E-state index in [1.54, 1.807) is 0 Å². The third-order valence-electron chi connectivity index (χ3n) is 6.90. The van der Waals surface area contributed by atoms with E-state index in [2.05, 4.69) is 37.8 Å². The molecule has 0 unspecified atom stereocenters. The average Bonchev–Trinajstić information content (AvgIpc) is 3.01. The minimum atomic E-state index is -0.971. The lowest BCUT2D eigenvalue weighted by Crippen LogP contribution is -2.52. The van der Waals surface area contributed by atoms with Crippen molar-refractivity contribution in [2.75, 3.05) is 25.5 Å². The highest BCUT2D eigenvalue weighted by Gasteiger charge is 2.42. The number of anilines is 1. The molecule has 0 bridgehead atoms. The number of amides is 1. The smallest absolute Gasteiger partial charge is 0.348 e. The van der Waals surface area contributed by atoms with Gasteiger partial charge in [0.1, 0.15) is 4.88 Å². The highest BCUT2D eigenvalue weighted by Crippen LogP contribution is 2.44. The van der Waals surface area contributed by atoms with Gasteiger partial charge in [-0.05, 0) is 92.2 Å². The largest absolute Gasteiger partial charge is 0.477 e. The van der Waals surface area contributed by atoms with Crippen LogP contribution in [0, 0.1) is 41.9 Å². The highest BCUT2D eigenvalue weighted by atomic mass is 32.1. The van der Waals surface area contributed by atoms with Crippen LogP contribution in [0.25, 0.3) is 0 Å². The molecule has 1 N–H and O–H groups in total. The molecule has 1 aromatic rings. The van der Waals surface area contributed by atoms with Crippen LogP contribution in [0.5, 0.6) is 0 Å². The molecule has 0 aromatic carbocycles. The zero-order valence-corrected chi connectivity index (χ0v) is 22.1. The third kappa shape index (κ3) is 6.19. The first kappa shape index (κ1) is 25.8. The van der Waals surface area contributed by atoms with Gasteiger partial charge < -0.3 is 14.9 Å². The van der Waals surface area contributed by atoms with Gasteiger partial charge in [0.25, 0.3) is 0 Å². The fourth-order valence-corrected chi connectivity index (χ4v) is 6.05. The van der Waals surface area contributed by atoms with Crippen LogP contribution in [0.2, 0.25) is 0 Å². The molecule has 0 aliphatic heterocycles. The van der Waals surface area contributed by atoms with Gasteiger partial charge in [0, 0.05) is 29.5 Å². The highest BCUT2D eigenvalue weighted by molar-refractivity contribution is 7.15. The molecular weight excluding hydrogens is 432 g/mol. The molecule has 0 spiro atoms. The van der Waals surface area contributed by atoms with E-state index < -0.39 is 5.97 Å². The summed E-state index contributed by atoms with van der Waals surface area (Å²) in [6, 6.07) is 0.0663. The molecule has 0 radical (unpaired) electrons. The maximum absolute atomic E-state index is 13.9. The SMILES string of the molecule is Cc1c(C#CC(C)(C)C)sc(C(=O)O)c1N(C(=O)[C@H]1CC[C@H](C)CC1)[C@H]1C[C@@H](CN(C)C)C1. The normalized spacial score (nSPS) is 25.2. The van der Waals surface area contributed by atoms with Crippen molar-refractivity contribution in [2.45, 2.75) is 79.2 Å². The van der Waals surface area contributed by atoms with Gasteiger partial charge in [-0.3, -0.25) is 4.79 Å². The van der Waals surface area contributed by atoms with Crippen molar-refractivity contribution >= 4 is 28.9 Å². The standard InChI is InChI=1S/C27H40N2O3S/c1-17-8-10-20(11-9-17)25(30)29(21-14-19(15-21)16-28(6)7)23-18(2)22(12-13-27(3,4)5)33-24(23)26(31)32/h17,19-21H,8-11,14-16H2,1-7H3,(H,31,32)/t17-,19-,20-,21+. The topological polar surface area (TPSA) is 60.9 Å². The zero-order chi connectivity index (χ0) is 24.5. The first-order valence-corrected chi connectivity index (χ1v) is 13.1. The second-order valence-corrected chi connectivity index (χ2v) is 12.5. The van der Waals surface area contributed by atoms with E-state index in [-0.39, 0.29) is 28.2 Å². The molecule has 3 rings (SSSR count). The molecule has 5 nitrogen and oxygen atoms in total. The van der Waals surface area contributed by atoms with E-state index >= 15 is 0 Å². The molecule has 0 saturated heterocycles. The van der Waals surface area contributed by atoms with Crippen LogP contribution in [-0.2, 0) is 4.79 Å². The van der Waals surface area contributed by atoms with Crippen LogP contribution in [0.1, 0.15) is 86.3 Å². The van der Waals surface area contributed by atoms with Crippen LogP contribution in [0.3, 0.4) is 0 Å². The van der Waals surface area contributed by atoms with E-state index in [1.807, 2.05) is 32.6 Å². The van der Waals surface area contributed by atoms with Gasteiger partial charge in [0.05, 0.1) is 10.6 Å². The number of thiophene rings is 1. The Kier molecular flexibility index (Phi) is 7.96. The van der Waals surface area contributed by atoms with Crippen molar-refractivity contribution < 1.29 is 14.7 Å². The predicted octanol–water partition coefficient (Wildman–Crippen LogP) is 5.65. The number of hydrogen-bond donors (Lipinski definition) is 1. The minimum absolute atomic E-state index is 0.0147. The number of hydrogen-bond acceptors (Lipinski definition) is 4. The molecule has 1 heterocycles. The van der Waals surface area contributed by atoms with Crippen LogP contribution in [0.15, 0.2) is 0 Å². The van der Waals surface area contributed by atoms with Crippen LogP contribution < -0.4 is 4.90 Å². The number of carboxylic acids is 1. The summed E-state index contributed by atoms with van der Waals surface area (Å²) in [5.41, 5.74) is 1.26. The van der Waals surface area contributed by atoms with Gasteiger partial charge in [0.2, 0.25) is 5.91 Å². The fourth-order valence-electron chi connectivity index (χ4n) is 5.06. The van der Waals surface area contributed by atoms with E-state index in [9.17, 15) is 14.7 Å². The number of aromatic carboxylic acids is 1. The number of rotatable bonds is 6. The number of nitrogens with zero attached hydrogens (tertiary/aromatic N) is 2. The quantitative estimate of drug-likeness (QED) is 0.543. The summed E-state index contributed by atoms with van der Waals surface area (Å²) in [5.74, 6) is 6.79. The Hall–Kier alpha value is -1.84. The number of carbonyl (C=O) groups excluding carboxylic acids is 1. The number of carboxylic acid groups (broad SMARTS) is 1. The van der Waals surface area contributed by atoms with Gasteiger partial charge in [0.15, 0.2) is 0 Å². The summed E-state index contributed by atoms with van der Waals surface area (Å²) >= 11 is 1.22. The van der Waals surface area contributed by atoms with Crippen molar-refractivity contribution in [3.05, 3.63) is 15.3 Å². The van der Waals surface area contributed by atoms with Crippen molar-refractivity contribution in [1.29, 1.82) is 0 Å². The molecule has 2 saturated carbocycles. The second kappa shape index (κ2) is 10.2. The van der Waals surface area contributed by atoms with E-state index in [0.29, 0.717) is 17.5 Å². The monoisotopic (exact) mass is 472 g/mol. The molecule has 6 heteroatoms. The average molecular weight is 473 g/mol. The third-order valence-corrected chi connectivity index (χ3v) is 8.09. The molecule has 1 amide bonds. The molecule has 182 valence electrons. The maximum atomic E-state index is 13.9. The summed E-state index contributed by atoms with van der Waals surface area (Å²) in [6.45, 7) is 11.3. The Labute approximate surface area is 203 Å². The first-order chi connectivity index (χ1) is 15.4. The summed E-state index contributed by atoms with van der Waals surface area (Å²) in [6.07, 6.45) is 5.76. The lowest BCUT2D eigenvalue weighted by atomic mass is 9.77. The Morgan fingerprint density at radius 2 is 1.73 bits per heavy atom. The van der Waals surface area contributed by atoms with E-state index in [1.165, 1.54) is 11.3 Å². The Morgan fingerprint density at radius 1 is 1.12 bits per heavy atom. The fraction of sp³-hybridized carbons (Fsp3) is 0.704. The van der Waals surface area contributed by atoms with Crippen molar-refractivity contribution in [2.24, 2.45) is 23.2 Å². The molecule has 0 atom stereocenters. The molecule has 2 fully saturated rings. The van der Waals surface area contributed by atoms with Crippen molar-refractivity contribution in [3.63, 3.8) is 0 Å². The van der Waals surface area contributed by atoms with Crippen LogP contribution in [-0.4, -0.2) is 48.6 Å². The van der Waals surface area contributed by atoms with Crippen molar-refractivity contribution in [1.82, 2.24) is 4.90 Å². The van der Waals surface area contributed by atoms with Gasteiger partial charge in [-0.2, -0.15) is 0 Å². The lowest BCUT2D eigenvalue weighted by Gasteiger charge is -2.45. The van der Waals surface area contributed by atoms with Gasteiger partial charge in [-0.1, -0.05) is 18.8 Å². The maximum Gasteiger partial charge on any atom is 0.348 e. The summed E-state index contributed by atoms with van der Waals surface area (Å²) < 4.78 is 0. The van der Waals surface area contributed by atoms with Gasteiger partial charge >= 0.3 is 5.97 Å². The Morgan fingerprint density at radius 3 is 2.24 bits per heavy atom. The zero-order valence-electron chi connectivity index (χ0n) is 21.3. The molecule has 2 aliphatic carbocycles. The van der Waals surface area contributed by atoms with Gasteiger partial charge in [-0.15, -0.1) is 11.3 Å². The summed E-state index contributed by atoms with van der Waals surface area (Å²) in [5, 5.41) is 10.1. The van der Waals surface area contributed by atoms with Crippen LogP contribution >= 0.6 is 11.3 Å². The molecule has 1 aromatic heterocycles. The number of carbonyl (C=O) groups is 2. The van der Waals surface area contributed by atoms with Gasteiger partial charge in [-0.25, -0.2) is 4.79 Å². The summed E-state index contributed by atoms with van der Waals surface area (Å²) in [4.78, 5) is 31.3. The van der Waals surface area contributed by atoms with E-state index in [4.69, 9.17) is 0 Å². The Balaban J connectivity index is 2.00. The molecule has 33 heavy (non-hydrogen) atoms. The van der Waals surface area contributed by atoms with E-state index in [0.717, 1.165) is 55.5 Å².